The summed E-state index contributed by atoms with van der Waals surface area (Å²) < 4.78 is 14.7. The number of rotatable bonds is 6. The van der Waals surface area contributed by atoms with Gasteiger partial charge in [-0.1, -0.05) is 0 Å². The van der Waals surface area contributed by atoms with Gasteiger partial charge >= 0.3 is 0 Å². The molecule has 0 aliphatic carbocycles. The quantitative estimate of drug-likeness (QED) is 0.239. The maximum Gasteiger partial charge on any atom is 0.219 e. The molecule has 11 heteroatoms. The Hall–Kier alpha value is -2.88. The van der Waals surface area contributed by atoms with Gasteiger partial charge in [-0.2, -0.15) is 10.4 Å². The van der Waals surface area contributed by atoms with Gasteiger partial charge in [-0.25, -0.2) is 9.07 Å². The molecule has 9 nitrogen and oxygen atoms in total. The van der Waals surface area contributed by atoms with Gasteiger partial charge < -0.3 is 20.9 Å². The largest absolute Gasteiger partial charge is 0.382 e. The standard InChI is InChI=1S/C22H29FN8O.HI/c1-3-26-22(30-13-11-29(12-14-30)16(2)32)27-10-4-5-20-19(15-24)21(25)31(28-20)18-8-6-17(23)7-9-18;/h6-9H,3-5,10-14,25H2,1-2H3,(H,26,27);1H. The number of aromatic nitrogens is 2. The van der Waals surface area contributed by atoms with E-state index in [1.165, 1.54) is 16.8 Å². The Morgan fingerprint density at radius 3 is 2.45 bits per heavy atom. The highest BCUT2D eigenvalue weighted by molar-refractivity contribution is 14.0. The molecule has 1 saturated heterocycles. The van der Waals surface area contributed by atoms with Gasteiger partial charge in [0.05, 0.1) is 11.4 Å². The van der Waals surface area contributed by atoms with Crippen molar-refractivity contribution in [1.82, 2.24) is 24.9 Å². The summed E-state index contributed by atoms with van der Waals surface area (Å²) in [5.41, 5.74) is 7.66. The average molecular weight is 568 g/mol. The van der Waals surface area contributed by atoms with Gasteiger partial charge in [-0.15, -0.1) is 24.0 Å². The van der Waals surface area contributed by atoms with Crippen LogP contribution in [0.15, 0.2) is 29.3 Å². The zero-order chi connectivity index (χ0) is 23.1. The average Bonchev–Trinajstić information content (AvgIpc) is 3.11. The lowest BCUT2D eigenvalue weighted by Gasteiger charge is -2.36. The smallest absolute Gasteiger partial charge is 0.219 e. The summed E-state index contributed by atoms with van der Waals surface area (Å²) >= 11 is 0. The molecule has 3 N–H and O–H groups in total. The minimum Gasteiger partial charge on any atom is -0.382 e. The Balaban J connectivity index is 0.00000385. The number of nitrogens with one attached hydrogen (secondary N) is 1. The topological polar surface area (TPSA) is 116 Å². The highest BCUT2D eigenvalue weighted by Crippen LogP contribution is 2.21. The van der Waals surface area contributed by atoms with Crippen molar-refractivity contribution in [3.8, 4) is 11.8 Å². The van der Waals surface area contributed by atoms with E-state index in [2.05, 4.69) is 21.4 Å². The van der Waals surface area contributed by atoms with Gasteiger partial charge in [-0.05, 0) is 44.0 Å². The van der Waals surface area contributed by atoms with Gasteiger partial charge in [0.25, 0.3) is 0 Å². The number of nitriles is 1. The first-order valence-electron chi connectivity index (χ1n) is 10.8. The number of carbonyl (C=O) groups excluding carboxylic acids is 1. The fraction of sp³-hybridized carbons (Fsp3) is 0.455. The maximum atomic E-state index is 13.2. The van der Waals surface area contributed by atoms with Crippen LogP contribution in [0.5, 0.6) is 0 Å². The summed E-state index contributed by atoms with van der Waals surface area (Å²) in [6.07, 6.45) is 1.24. The molecule has 1 aromatic carbocycles. The number of piperazine rings is 1. The number of amides is 1. The van der Waals surface area contributed by atoms with E-state index in [4.69, 9.17) is 10.7 Å². The Bertz CT molecular complexity index is 1010. The second-order valence-electron chi connectivity index (χ2n) is 7.54. The van der Waals surface area contributed by atoms with Crippen LogP contribution in [0.2, 0.25) is 0 Å². The van der Waals surface area contributed by atoms with Gasteiger partial charge in [0.15, 0.2) is 5.96 Å². The molecule has 3 rings (SSSR count). The zero-order valence-corrected chi connectivity index (χ0v) is 21.3. The number of aryl methyl sites for hydroxylation is 1. The van der Waals surface area contributed by atoms with Crippen molar-refractivity contribution in [2.24, 2.45) is 4.99 Å². The van der Waals surface area contributed by atoms with Crippen LogP contribution in [0.1, 0.15) is 31.5 Å². The predicted octanol–water partition coefficient (Wildman–Crippen LogP) is 2.15. The zero-order valence-electron chi connectivity index (χ0n) is 18.9. The molecule has 1 amide bonds. The van der Waals surface area contributed by atoms with Crippen LogP contribution in [0, 0.1) is 17.1 Å². The van der Waals surface area contributed by atoms with E-state index < -0.39 is 0 Å². The Morgan fingerprint density at radius 2 is 1.88 bits per heavy atom. The van der Waals surface area contributed by atoms with Crippen LogP contribution in [0.4, 0.5) is 10.2 Å². The van der Waals surface area contributed by atoms with Crippen molar-refractivity contribution in [3.05, 3.63) is 41.3 Å². The van der Waals surface area contributed by atoms with Crippen LogP contribution in [0.25, 0.3) is 5.69 Å². The molecule has 33 heavy (non-hydrogen) atoms. The van der Waals surface area contributed by atoms with E-state index in [9.17, 15) is 14.4 Å². The highest BCUT2D eigenvalue weighted by Gasteiger charge is 2.21. The second kappa shape index (κ2) is 12.4. The third-order valence-electron chi connectivity index (χ3n) is 5.37. The number of carbonyl (C=O) groups is 1. The molecule has 0 atom stereocenters. The van der Waals surface area contributed by atoms with Crippen molar-refractivity contribution < 1.29 is 9.18 Å². The second-order valence-corrected chi connectivity index (χ2v) is 7.54. The molecule has 2 heterocycles. The van der Waals surface area contributed by atoms with Crippen LogP contribution < -0.4 is 11.1 Å². The third kappa shape index (κ3) is 6.56. The molecular formula is C22H30FIN8O. The van der Waals surface area contributed by atoms with Crippen molar-refractivity contribution >= 4 is 41.7 Å². The maximum absolute atomic E-state index is 13.2. The Morgan fingerprint density at radius 1 is 1.24 bits per heavy atom. The molecule has 0 spiro atoms. The number of hydrogen-bond donors (Lipinski definition) is 2. The van der Waals surface area contributed by atoms with E-state index in [0.717, 1.165) is 25.6 Å². The molecule has 0 saturated carbocycles. The normalized spacial score (nSPS) is 13.9. The predicted molar refractivity (Wildman–Crippen MR) is 136 cm³/mol. The molecule has 0 bridgehead atoms. The lowest BCUT2D eigenvalue weighted by molar-refractivity contribution is -0.130. The first-order chi connectivity index (χ1) is 15.4. The van der Waals surface area contributed by atoms with Gasteiger partial charge in [0.2, 0.25) is 5.91 Å². The van der Waals surface area contributed by atoms with E-state index in [0.29, 0.717) is 49.4 Å². The molecule has 2 aromatic rings. The van der Waals surface area contributed by atoms with E-state index in [1.54, 1.807) is 19.1 Å². The first-order valence-corrected chi connectivity index (χ1v) is 10.8. The summed E-state index contributed by atoms with van der Waals surface area (Å²) in [5, 5.41) is 17.3. The lowest BCUT2D eigenvalue weighted by atomic mass is 10.1. The highest BCUT2D eigenvalue weighted by atomic mass is 127. The molecule has 178 valence electrons. The van der Waals surface area contributed by atoms with E-state index in [1.807, 2.05) is 11.8 Å². The van der Waals surface area contributed by atoms with E-state index >= 15 is 0 Å². The number of nitrogens with zero attached hydrogens (tertiary/aromatic N) is 6. The summed E-state index contributed by atoms with van der Waals surface area (Å²) in [6, 6.07) is 7.93. The lowest BCUT2D eigenvalue weighted by Crippen LogP contribution is -2.53. The Labute approximate surface area is 210 Å². The van der Waals surface area contributed by atoms with Crippen LogP contribution in [-0.4, -0.2) is 70.7 Å². The summed E-state index contributed by atoms with van der Waals surface area (Å²) in [4.78, 5) is 20.2. The Kier molecular flexibility index (Phi) is 9.90. The van der Waals surface area contributed by atoms with Crippen LogP contribution >= 0.6 is 24.0 Å². The van der Waals surface area contributed by atoms with Crippen LogP contribution in [0.3, 0.4) is 0 Å². The van der Waals surface area contributed by atoms with E-state index in [-0.39, 0.29) is 41.5 Å². The summed E-state index contributed by atoms with van der Waals surface area (Å²) in [7, 11) is 0. The molecule has 1 aromatic heterocycles. The number of halogens is 2. The number of hydrogen-bond acceptors (Lipinski definition) is 5. The first kappa shape index (κ1) is 26.4. The number of guanidine groups is 1. The van der Waals surface area contributed by atoms with Gasteiger partial charge in [0.1, 0.15) is 23.3 Å². The monoisotopic (exact) mass is 568 g/mol. The van der Waals surface area contributed by atoms with Crippen molar-refractivity contribution in [1.29, 1.82) is 5.26 Å². The fourth-order valence-corrected chi connectivity index (χ4v) is 3.64. The molecule has 0 unspecified atom stereocenters. The van der Waals surface area contributed by atoms with Gasteiger partial charge in [-0.3, -0.25) is 9.79 Å². The molecule has 1 aliphatic rings. The number of nitrogen functional groups attached to an aromatic ring is 1. The molecular weight excluding hydrogens is 538 g/mol. The fourth-order valence-electron chi connectivity index (χ4n) is 3.64. The van der Waals surface area contributed by atoms with Crippen LogP contribution in [-0.2, 0) is 11.2 Å². The third-order valence-corrected chi connectivity index (χ3v) is 5.37. The molecule has 0 radical (unpaired) electrons. The van der Waals surface area contributed by atoms with Crippen molar-refractivity contribution in [2.45, 2.75) is 26.7 Å². The number of nitrogens with two attached hydrogens (primary N) is 1. The molecule has 1 fully saturated rings. The number of anilines is 1. The minimum atomic E-state index is -0.350. The van der Waals surface area contributed by atoms with Gasteiger partial charge in [0, 0.05) is 46.2 Å². The minimum absolute atomic E-state index is 0. The summed E-state index contributed by atoms with van der Waals surface area (Å²) in [5.74, 6) is 0.818. The van der Waals surface area contributed by atoms with Crippen molar-refractivity contribution in [3.63, 3.8) is 0 Å². The molecule has 1 aliphatic heterocycles. The van der Waals surface area contributed by atoms with Crippen molar-refractivity contribution in [2.75, 3.05) is 45.0 Å². The SMILES string of the molecule is CCNC(=NCCCc1nn(-c2ccc(F)cc2)c(N)c1C#N)N1CCN(C(C)=O)CC1.I. The number of aliphatic imine (C=N–C) groups is 1. The summed E-state index contributed by atoms with van der Waals surface area (Å²) in [6.45, 7) is 7.77. The number of benzene rings is 1.